The minimum absolute atomic E-state index is 0.286. The van der Waals surface area contributed by atoms with Crippen molar-refractivity contribution >= 4 is 5.97 Å². The molecule has 0 radical (unpaired) electrons. The molecule has 0 N–H and O–H groups in total. The van der Waals surface area contributed by atoms with Crippen molar-refractivity contribution in [3.63, 3.8) is 0 Å². The zero-order valence-electron chi connectivity index (χ0n) is 12.9. The highest BCUT2D eigenvalue weighted by Gasteiger charge is 2.08. The number of hydrogen-bond acceptors (Lipinski definition) is 5. The maximum atomic E-state index is 11.4. The molecule has 0 saturated carbocycles. The van der Waals surface area contributed by atoms with E-state index in [-0.39, 0.29) is 5.69 Å². The average molecular weight is 308 g/mol. The standard InChI is InChI=1S/C17H16N4O2/c1-12-3-6-14(7-4-12)21-11-19-16(20-21)9-13-5-8-15(18-10-13)17(22)23-2/h3-8,10-11H,9H2,1-2H3. The van der Waals surface area contributed by atoms with Crippen LogP contribution in [0.25, 0.3) is 5.69 Å². The quantitative estimate of drug-likeness (QED) is 0.692. The summed E-state index contributed by atoms with van der Waals surface area (Å²) in [6.45, 7) is 2.04. The minimum atomic E-state index is -0.446. The number of aromatic nitrogens is 4. The van der Waals surface area contributed by atoms with Crippen molar-refractivity contribution in [2.45, 2.75) is 13.3 Å². The molecule has 0 saturated heterocycles. The summed E-state index contributed by atoms with van der Waals surface area (Å²) in [5.74, 6) is 0.247. The molecular formula is C17H16N4O2. The van der Waals surface area contributed by atoms with Gasteiger partial charge >= 0.3 is 5.97 Å². The predicted molar refractivity (Wildman–Crippen MR) is 84.5 cm³/mol. The van der Waals surface area contributed by atoms with Gasteiger partial charge in [0.05, 0.1) is 12.8 Å². The lowest BCUT2D eigenvalue weighted by Gasteiger charge is -2.01. The monoisotopic (exact) mass is 308 g/mol. The van der Waals surface area contributed by atoms with E-state index >= 15 is 0 Å². The molecule has 6 nitrogen and oxygen atoms in total. The number of rotatable bonds is 4. The van der Waals surface area contributed by atoms with Crippen LogP contribution >= 0.6 is 0 Å². The molecule has 1 aromatic carbocycles. The molecule has 0 fully saturated rings. The van der Waals surface area contributed by atoms with E-state index in [9.17, 15) is 4.79 Å². The van der Waals surface area contributed by atoms with E-state index < -0.39 is 5.97 Å². The summed E-state index contributed by atoms with van der Waals surface area (Å²) in [5, 5.41) is 4.47. The summed E-state index contributed by atoms with van der Waals surface area (Å²) in [6, 6.07) is 11.5. The first-order valence-corrected chi connectivity index (χ1v) is 7.16. The van der Waals surface area contributed by atoms with Crippen LogP contribution in [0.15, 0.2) is 48.9 Å². The second-order valence-corrected chi connectivity index (χ2v) is 5.16. The molecule has 0 bridgehead atoms. The SMILES string of the molecule is COC(=O)c1ccc(Cc2ncn(-c3ccc(C)cc3)n2)cn1. The Hall–Kier alpha value is -3.02. The summed E-state index contributed by atoms with van der Waals surface area (Å²) in [6.07, 6.45) is 3.88. The average Bonchev–Trinajstić information content (AvgIpc) is 3.04. The fourth-order valence-electron chi connectivity index (χ4n) is 2.14. The molecule has 2 aromatic heterocycles. The van der Waals surface area contributed by atoms with Gasteiger partial charge in [0.1, 0.15) is 12.0 Å². The van der Waals surface area contributed by atoms with Crippen LogP contribution in [-0.4, -0.2) is 32.8 Å². The normalized spacial score (nSPS) is 10.5. The number of methoxy groups -OCH3 is 1. The maximum absolute atomic E-state index is 11.4. The Balaban J connectivity index is 1.74. The molecule has 0 aliphatic heterocycles. The minimum Gasteiger partial charge on any atom is -0.464 e. The van der Waals surface area contributed by atoms with Crippen LogP contribution in [0.2, 0.25) is 0 Å². The summed E-state index contributed by atoms with van der Waals surface area (Å²) in [5.41, 5.74) is 3.38. The van der Waals surface area contributed by atoms with Crippen LogP contribution in [0.5, 0.6) is 0 Å². The Labute approximate surface area is 133 Å². The Kier molecular flexibility index (Phi) is 4.14. The lowest BCUT2D eigenvalue weighted by Crippen LogP contribution is -2.04. The zero-order valence-corrected chi connectivity index (χ0v) is 12.9. The van der Waals surface area contributed by atoms with Crippen molar-refractivity contribution in [3.8, 4) is 5.69 Å². The molecule has 0 unspecified atom stereocenters. The van der Waals surface area contributed by atoms with E-state index in [0.717, 1.165) is 11.3 Å². The first-order chi connectivity index (χ1) is 11.2. The molecular weight excluding hydrogens is 292 g/mol. The number of benzene rings is 1. The lowest BCUT2D eigenvalue weighted by atomic mass is 10.2. The van der Waals surface area contributed by atoms with Crippen LogP contribution in [0, 0.1) is 6.92 Å². The van der Waals surface area contributed by atoms with Crippen LogP contribution in [-0.2, 0) is 11.2 Å². The van der Waals surface area contributed by atoms with Gasteiger partial charge in [-0.25, -0.2) is 19.4 Å². The fraction of sp³-hybridized carbons (Fsp3) is 0.176. The Morgan fingerprint density at radius 1 is 1.13 bits per heavy atom. The van der Waals surface area contributed by atoms with Gasteiger partial charge in [-0.05, 0) is 30.7 Å². The topological polar surface area (TPSA) is 69.9 Å². The molecule has 0 aliphatic carbocycles. The Morgan fingerprint density at radius 3 is 2.57 bits per heavy atom. The van der Waals surface area contributed by atoms with E-state index in [0.29, 0.717) is 12.2 Å². The third-order valence-corrected chi connectivity index (χ3v) is 3.42. The molecule has 6 heteroatoms. The summed E-state index contributed by atoms with van der Waals surface area (Å²) in [4.78, 5) is 19.8. The molecule has 0 spiro atoms. The zero-order chi connectivity index (χ0) is 16.2. The van der Waals surface area contributed by atoms with Crippen LogP contribution in [0.3, 0.4) is 0 Å². The van der Waals surface area contributed by atoms with Gasteiger partial charge in [0.2, 0.25) is 0 Å². The van der Waals surface area contributed by atoms with Crippen molar-refractivity contribution in [3.05, 3.63) is 71.6 Å². The number of hydrogen-bond donors (Lipinski definition) is 0. The summed E-state index contributed by atoms with van der Waals surface area (Å²) < 4.78 is 6.37. The van der Waals surface area contributed by atoms with E-state index in [2.05, 4.69) is 19.8 Å². The Morgan fingerprint density at radius 2 is 1.91 bits per heavy atom. The first kappa shape index (κ1) is 14.9. The van der Waals surface area contributed by atoms with Gasteiger partial charge in [-0.1, -0.05) is 23.8 Å². The molecule has 3 rings (SSSR count). The van der Waals surface area contributed by atoms with E-state index in [1.165, 1.54) is 12.7 Å². The van der Waals surface area contributed by atoms with Gasteiger partial charge in [0, 0.05) is 12.6 Å². The highest BCUT2D eigenvalue weighted by Crippen LogP contribution is 2.10. The fourth-order valence-corrected chi connectivity index (χ4v) is 2.14. The predicted octanol–water partition coefficient (Wildman–Crippen LogP) is 2.35. The largest absolute Gasteiger partial charge is 0.464 e. The highest BCUT2D eigenvalue weighted by molar-refractivity contribution is 5.86. The number of carbonyl (C=O) groups excluding carboxylic acids is 1. The second kappa shape index (κ2) is 6.39. The summed E-state index contributed by atoms with van der Waals surface area (Å²) in [7, 11) is 1.33. The molecule has 3 aromatic rings. The van der Waals surface area contributed by atoms with Gasteiger partial charge in [-0.15, -0.1) is 0 Å². The highest BCUT2D eigenvalue weighted by atomic mass is 16.5. The number of esters is 1. The van der Waals surface area contributed by atoms with Crippen molar-refractivity contribution in [1.29, 1.82) is 0 Å². The van der Waals surface area contributed by atoms with E-state index in [4.69, 9.17) is 0 Å². The molecule has 0 atom stereocenters. The van der Waals surface area contributed by atoms with Gasteiger partial charge in [-0.3, -0.25) is 0 Å². The number of carbonyl (C=O) groups is 1. The van der Waals surface area contributed by atoms with Crippen LogP contribution in [0.1, 0.15) is 27.4 Å². The van der Waals surface area contributed by atoms with Crippen LogP contribution < -0.4 is 0 Å². The van der Waals surface area contributed by atoms with Gasteiger partial charge in [0.25, 0.3) is 0 Å². The van der Waals surface area contributed by atoms with Crippen molar-refractivity contribution in [2.75, 3.05) is 7.11 Å². The third kappa shape index (κ3) is 3.42. The number of pyridine rings is 1. The molecule has 23 heavy (non-hydrogen) atoms. The smallest absolute Gasteiger partial charge is 0.356 e. The number of aryl methyl sites for hydroxylation is 1. The van der Waals surface area contributed by atoms with Gasteiger partial charge in [0.15, 0.2) is 5.82 Å². The molecule has 0 aliphatic rings. The summed E-state index contributed by atoms with van der Waals surface area (Å²) >= 11 is 0. The number of ether oxygens (including phenoxy) is 1. The lowest BCUT2D eigenvalue weighted by molar-refractivity contribution is 0.0594. The van der Waals surface area contributed by atoms with Crippen molar-refractivity contribution < 1.29 is 9.53 Å². The second-order valence-electron chi connectivity index (χ2n) is 5.16. The molecule has 0 amide bonds. The third-order valence-electron chi connectivity index (χ3n) is 3.42. The van der Waals surface area contributed by atoms with Gasteiger partial charge in [-0.2, -0.15) is 5.10 Å². The van der Waals surface area contributed by atoms with Crippen molar-refractivity contribution in [1.82, 2.24) is 19.7 Å². The Bertz CT molecular complexity index is 807. The van der Waals surface area contributed by atoms with E-state index in [1.54, 1.807) is 23.3 Å². The van der Waals surface area contributed by atoms with Gasteiger partial charge < -0.3 is 4.74 Å². The molecule has 116 valence electrons. The maximum Gasteiger partial charge on any atom is 0.356 e. The van der Waals surface area contributed by atoms with Crippen LogP contribution in [0.4, 0.5) is 0 Å². The van der Waals surface area contributed by atoms with E-state index in [1.807, 2.05) is 37.3 Å². The molecule has 2 heterocycles. The van der Waals surface area contributed by atoms with Crippen molar-refractivity contribution in [2.24, 2.45) is 0 Å². The first-order valence-electron chi connectivity index (χ1n) is 7.16. The number of nitrogens with zero attached hydrogens (tertiary/aromatic N) is 4.